The molecule has 0 spiro atoms. The van der Waals surface area contributed by atoms with Crippen molar-refractivity contribution in [3.8, 4) is 5.75 Å². The molecule has 0 fully saturated rings. The van der Waals surface area contributed by atoms with Crippen LogP contribution in [-0.4, -0.2) is 7.11 Å². The van der Waals surface area contributed by atoms with Crippen molar-refractivity contribution >= 4 is 5.69 Å². The summed E-state index contributed by atoms with van der Waals surface area (Å²) in [6.45, 7) is 0. The van der Waals surface area contributed by atoms with Crippen molar-refractivity contribution in [2.24, 2.45) is 0 Å². The molecule has 0 aliphatic rings. The Balaban J connectivity index is 1.69. The fourth-order valence-electron chi connectivity index (χ4n) is 2.93. The van der Waals surface area contributed by atoms with E-state index in [0.717, 1.165) is 29.8 Å². The molecular weight excluding hydrogens is 337 g/mol. The molecule has 0 aliphatic heterocycles. The number of allylic oxidation sites excluding steroid dienone is 1. The first-order valence-corrected chi connectivity index (χ1v) is 9.09. The first-order valence-electron chi connectivity index (χ1n) is 9.09. The lowest BCUT2D eigenvalue weighted by molar-refractivity contribution is 0.415. The van der Waals surface area contributed by atoms with Gasteiger partial charge in [-0.05, 0) is 60.4 Å². The summed E-state index contributed by atoms with van der Waals surface area (Å²) >= 11 is 0. The maximum absolute atomic E-state index is 13.3. The summed E-state index contributed by atoms with van der Waals surface area (Å²) in [4.78, 5) is 0. The molecule has 3 heteroatoms. The Labute approximate surface area is 160 Å². The van der Waals surface area contributed by atoms with E-state index in [0.29, 0.717) is 0 Å². The largest absolute Gasteiger partial charge is 0.497 e. The number of anilines is 1. The van der Waals surface area contributed by atoms with Gasteiger partial charge in [-0.1, -0.05) is 54.6 Å². The van der Waals surface area contributed by atoms with Gasteiger partial charge in [-0.15, -0.1) is 0 Å². The van der Waals surface area contributed by atoms with Crippen LogP contribution >= 0.6 is 0 Å². The van der Waals surface area contributed by atoms with Crippen LogP contribution < -0.4 is 10.1 Å². The first kappa shape index (κ1) is 18.7. The van der Waals surface area contributed by atoms with Gasteiger partial charge in [0.25, 0.3) is 0 Å². The molecule has 1 N–H and O–H groups in total. The average Bonchev–Trinajstić information content (AvgIpc) is 2.72. The second-order valence-corrected chi connectivity index (χ2v) is 6.37. The Hall–Kier alpha value is -3.07. The highest BCUT2D eigenvalue weighted by atomic mass is 19.1. The molecule has 1 unspecified atom stereocenters. The summed E-state index contributed by atoms with van der Waals surface area (Å²) in [5.41, 5.74) is 3.34. The van der Waals surface area contributed by atoms with Crippen molar-refractivity contribution < 1.29 is 9.13 Å². The lowest BCUT2D eigenvalue weighted by atomic mass is 10.0. The van der Waals surface area contributed by atoms with E-state index in [1.165, 1.54) is 17.7 Å². The molecule has 0 aromatic heterocycles. The van der Waals surface area contributed by atoms with E-state index in [1.807, 2.05) is 42.5 Å². The van der Waals surface area contributed by atoms with Crippen molar-refractivity contribution in [1.29, 1.82) is 0 Å². The second kappa shape index (κ2) is 9.58. The molecule has 2 nitrogen and oxygen atoms in total. The van der Waals surface area contributed by atoms with Gasteiger partial charge < -0.3 is 10.1 Å². The predicted octanol–water partition coefficient (Wildman–Crippen LogP) is 6.18. The molecule has 0 amide bonds. The maximum atomic E-state index is 13.3. The maximum Gasteiger partial charge on any atom is 0.123 e. The molecule has 0 saturated carbocycles. The van der Waals surface area contributed by atoms with Gasteiger partial charge in [-0.3, -0.25) is 0 Å². The fourth-order valence-corrected chi connectivity index (χ4v) is 2.93. The fraction of sp³-hybridized carbons (Fsp3) is 0.167. The zero-order chi connectivity index (χ0) is 18.9. The average molecular weight is 361 g/mol. The van der Waals surface area contributed by atoms with Gasteiger partial charge in [0.15, 0.2) is 0 Å². The van der Waals surface area contributed by atoms with Gasteiger partial charge in [0, 0.05) is 5.69 Å². The van der Waals surface area contributed by atoms with E-state index >= 15 is 0 Å². The standard InChI is InChI=1S/C24H24FNO/c1-27-23-17-15-22(16-18-23)26-24(20-11-13-21(25)14-12-20)10-6-5-9-19-7-3-2-4-8-19/h2-8,11-18,24,26H,9-10H2,1H3/b6-5+. The summed E-state index contributed by atoms with van der Waals surface area (Å²) < 4.78 is 18.5. The Bertz CT molecular complexity index is 842. The number of hydrogen-bond donors (Lipinski definition) is 1. The Morgan fingerprint density at radius 1 is 0.889 bits per heavy atom. The minimum Gasteiger partial charge on any atom is -0.497 e. The minimum atomic E-state index is -0.221. The number of halogens is 1. The van der Waals surface area contributed by atoms with Crippen molar-refractivity contribution in [1.82, 2.24) is 0 Å². The van der Waals surface area contributed by atoms with Crippen molar-refractivity contribution in [3.05, 3.63) is 108 Å². The van der Waals surface area contributed by atoms with E-state index < -0.39 is 0 Å². The highest BCUT2D eigenvalue weighted by molar-refractivity contribution is 5.48. The highest BCUT2D eigenvalue weighted by Gasteiger charge is 2.10. The Morgan fingerprint density at radius 2 is 1.59 bits per heavy atom. The summed E-state index contributed by atoms with van der Waals surface area (Å²) in [6.07, 6.45) is 6.07. The molecule has 0 heterocycles. The third-order valence-corrected chi connectivity index (χ3v) is 4.44. The van der Waals surface area contributed by atoms with Crippen LogP contribution in [-0.2, 0) is 6.42 Å². The molecular formula is C24H24FNO. The number of benzene rings is 3. The minimum absolute atomic E-state index is 0.0611. The van der Waals surface area contributed by atoms with Crippen LogP contribution in [0.4, 0.5) is 10.1 Å². The summed E-state index contributed by atoms with van der Waals surface area (Å²) in [5, 5.41) is 3.54. The lowest BCUT2D eigenvalue weighted by Crippen LogP contribution is -2.10. The Kier molecular flexibility index (Phi) is 6.64. The van der Waals surface area contributed by atoms with Crippen molar-refractivity contribution in [2.45, 2.75) is 18.9 Å². The number of methoxy groups -OCH3 is 1. The summed E-state index contributed by atoms with van der Waals surface area (Å²) in [5.74, 6) is 0.600. The topological polar surface area (TPSA) is 21.3 Å². The lowest BCUT2D eigenvalue weighted by Gasteiger charge is -2.19. The van der Waals surface area contributed by atoms with Gasteiger partial charge in [0.1, 0.15) is 11.6 Å². The zero-order valence-electron chi connectivity index (χ0n) is 15.4. The number of hydrogen-bond acceptors (Lipinski definition) is 2. The third-order valence-electron chi connectivity index (χ3n) is 4.44. The van der Waals surface area contributed by atoms with Crippen molar-refractivity contribution in [2.75, 3.05) is 12.4 Å². The SMILES string of the molecule is COc1ccc(NC(C/C=C/Cc2ccccc2)c2ccc(F)cc2)cc1. The van der Waals surface area contributed by atoms with Crippen LogP contribution in [0.15, 0.2) is 91.0 Å². The van der Waals surface area contributed by atoms with Crippen molar-refractivity contribution in [3.63, 3.8) is 0 Å². The van der Waals surface area contributed by atoms with E-state index in [4.69, 9.17) is 4.74 Å². The Morgan fingerprint density at radius 3 is 2.26 bits per heavy atom. The predicted molar refractivity (Wildman–Crippen MR) is 110 cm³/mol. The summed E-state index contributed by atoms with van der Waals surface area (Å²) in [7, 11) is 1.65. The van der Waals surface area contributed by atoms with Gasteiger partial charge in [-0.2, -0.15) is 0 Å². The number of ether oxygens (including phenoxy) is 1. The van der Waals surface area contributed by atoms with Gasteiger partial charge in [-0.25, -0.2) is 4.39 Å². The van der Waals surface area contributed by atoms with Gasteiger partial charge in [0.2, 0.25) is 0 Å². The molecule has 0 bridgehead atoms. The molecule has 1 atom stereocenters. The molecule has 3 rings (SSSR count). The first-order chi connectivity index (χ1) is 13.2. The van der Waals surface area contributed by atoms with Crippen LogP contribution in [0.3, 0.4) is 0 Å². The normalized spacial score (nSPS) is 12.1. The number of rotatable bonds is 8. The van der Waals surface area contributed by atoms with Crippen LogP contribution in [0, 0.1) is 5.82 Å². The molecule has 0 saturated heterocycles. The quantitative estimate of drug-likeness (QED) is 0.484. The molecule has 3 aromatic rings. The van der Waals surface area contributed by atoms with E-state index in [9.17, 15) is 4.39 Å². The smallest absolute Gasteiger partial charge is 0.123 e. The monoisotopic (exact) mass is 361 g/mol. The zero-order valence-corrected chi connectivity index (χ0v) is 15.4. The van der Waals surface area contributed by atoms with Crippen LogP contribution in [0.5, 0.6) is 5.75 Å². The summed E-state index contributed by atoms with van der Waals surface area (Å²) in [6, 6.07) is 24.9. The van der Waals surface area contributed by atoms with Crippen LogP contribution in [0.25, 0.3) is 0 Å². The highest BCUT2D eigenvalue weighted by Crippen LogP contribution is 2.25. The van der Waals surface area contributed by atoms with Gasteiger partial charge in [0.05, 0.1) is 13.2 Å². The molecule has 0 aliphatic carbocycles. The second-order valence-electron chi connectivity index (χ2n) is 6.37. The molecule has 138 valence electrons. The van der Waals surface area contributed by atoms with Gasteiger partial charge >= 0.3 is 0 Å². The molecule has 0 radical (unpaired) electrons. The van der Waals surface area contributed by atoms with E-state index in [-0.39, 0.29) is 11.9 Å². The number of nitrogens with one attached hydrogen (secondary N) is 1. The van der Waals surface area contributed by atoms with Crippen LogP contribution in [0.1, 0.15) is 23.6 Å². The third kappa shape index (κ3) is 5.71. The molecule has 3 aromatic carbocycles. The van der Waals surface area contributed by atoms with E-state index in [2.05, 4.69) is 41.7 Å². The van der Waals surface area contributed by atoms with Crippen LogP contribution in [0.2, 0.25) is 0 Å². The van der Waals surface area contributed by atoms with E-state index in [1.54, 1.807) is 7.11 Å². The molecule has 27 heavy (non-hydrogen) atoms.